The number of piperidine rings is 1. The van der Waals surface area contributed by atoms with Gasteiger partial charge in [-0.15, -0.1) is 0 Å². The molecule has 0 aliphatic carbocycles. The van der Waals surface area contributed by atoms with Crippen molar-refractivity contribution in [3.05, 3.63) is 64.3 Å². The monoisotopic (exact) mass is 327 g/mol. The van der Waals surface area contributed by atoms with Gasteiger partial charge in [0.25, 0.3) is 5.56 Å². The third-order valence-corrected chi connectivity index (χ3v) is 4.88. The van der Waals surface area contributed by atoms with Crippen LogP contribution in [0.3, 0.4) is 0 Å². The highest BCUT2D eigenvalue weighted by Gasteiger charge is 2.36. The molecule has 2 bridgehead atoms. The maximum absolute atomic E-state index is 13.7. The summed E-state index contributed by atoms with van der Waals surface area (Å²) in [4.78, 5) is 26.3. The summed E-state index contributed by atoms with van der Waals surface area (Å²) in [5, 5.41) is 2.65. The molecule has 3 heterocycles. The molecule has 2 aromatic rings. The molecule has 0 saturated carbocycles. The van der Waals surface area contributed by atoms with Crippen LogP contribution >= 0.6 is 0 Å². The van der Waals surface area contributed by atoms with Crippen molar-refractivity contribution in [3.8, 4) is 0 Å². The lowest BCUT2D eigenvalue weighted by atomic mass is 9.83. The quantitative estimate of drug-likeness (QED) is 0.875. The molecule has 2 atom stereocenters. The highest BCUT2D eigenvalue weighted by atomic mass is 19.1. The highest BCUT2D eigenvalue weighted by molar-refractivity contribution is 5.89. The Labute approximate surface area is 138 Å². The number of rotatable bonds is 1. The van der Waals surface area contributed by atoms with E-state index in [1.807, 2.05) is 10.6 Å². The molecule has 1 N–H and O–H groups in total. The van der Waals surface area contributed by atoms with Crippen molar-refractivity contribution < 1.29 is 9.18 Å². The Morgan fingerprint density at radius 1 is 1.08 bits per heavy atom. The number of urea groups is 1. The molecule has 4 rings (SSSR count). The fourth-order valence-corrected chi connectivity index (χ4v) is 3.82. The fraction of sp³-hybridized carbons (Fsp3) is 0.333. The van der Waals surface area contributed by atoms with Crippen molar-refractivity contribution >= 4 is 11.7 Å². The average molecular weight is 327 g/mol. The van der Waals surface area contributed by atoms with E-state index in [4.69, 9.17) is 0 Å². The van der Waals surface area contributed by atoms with Crippen molar-refractivity contribution in [1.82, 2.24) is 9.47 Å². The normalized spacial score (nSPS) is 22.0. The Bertz CT molecular complexity index is 848. The van der Waals surface area contributed by atoms with E-state index in [1.165, 1.54) is 6.07 Å². The van der Waals surface area contributed by atoms with Gasteiger partial charge in [-0.2, -0.15) is 0 Å². The van der Waals surface area contributed by atoms with Crippen molar-refractivity contribution in [1.29, 1.82) is 0 Å². The average Bonchev–Trinajstić information content (AvgIpc) is 2.58. The fourth-order valence-electron chi connectivity index (χ4n) is 3.82. The van der Waals surface area contributed by atoms with Crippen LogP contribution in [-0.4, -0.2) is 28.6 Å². The third kappa shape index (κ3) is 2.58. The molecule has 1 aromatic carbocycles. The Hall–Kier alpha value is -2.63. The Morgan fingerprint density at radius 3 is 2.75 bits per heavy atom. The molecule has 0 spiro atoms. The van der Waals surface area contributed by atoms with Crippen LogP contribution < -0.4 is 10.9 Å². The first-order valence-corrected chi connectivity index (χ1v) is 8.12. The van der Waals surface area contributed by atoms with Gasteiger partial charge in [-0.3, -0.25) is 4.79 Å². The predicted molar refractivity (Wildman–Crippen MR) is 88.5 cm³/mol. The minimum absolute atomic E-state index is 0.0199. The molecule has 0 radical (unpaired) electrons. The second kappa shape index (κ2) is 5.78. The standard InChI is InChI=1S/C18H18FN3O2/c19-14-4-1-2-5-15(14)20-18(24)21-9-12-8-13(11-21)16-6-3-7-17(23)22(16)10-12/h1-7,12-13H,8-11H2,(H,20,24)/t12-,13+/m0/s1. The molecule has 2 aliphatic rings. The molecule has 1 saturated heterocycles. The number of anilines is 1. The molecule has 24 heavy (non-hydrogen) atoms. The van der Waals surface area contributed by atoms with Crippen LogP contribution in [0.5, 0.6) is 0 Å². The molecular formula is C18H18FN3O2. The summed E-state index contributed by atoms with van der Waals surface area (Å²) in [5.41, 5.74) is 1.20. The zero-order chi connectivity index (χ0) is 16.7. The molecule has 1 aromatic heterocycles. The number of benzene rings is 1. The number of para-hydroxylation sites is 1. The number of hydrogen-bond donors (Lipinski definition) is 1. The molecular weight excluding hydrogens is 309 g/mol. The molecule has 2 amide bonds. The van der Waals surface area contributed by atoms with Gasteiger partial charge in [0.1, 0.15) is 5.82 Å². The summed E-state index contributed by atoms with van der Waals surface area (Å²) in [6.45, 7) is 1.76. The molecule has 5 nitrogen and oxygen atoms in total. The zero-order valence-electron chi connectivity index (χ0n) is 13.1. The van der Waals surface area contributed by atoms with E-state index in [0.717, 1.165) is 12.1 Å². The van der Waals surface area contributed by atoms with E-state index in [1.54, 1.807) is 35.2 Å². The predicted octanol–water partition coefficient (Wildman–Crippen LogP) is 2.64. The van der Waals surface area contributed by atoms with Gasteiger partial charge < -0.3 is 14.8 Å². The van der Waals surface area contributed by atoms with Gasteiger partial charge in [-0.05, 0) is 30.5 Å². The van der Waals surface area contributed by atoms with Gasteiger partial charge in [-0.25, -0.2) is 9.18 Å². The number of nitrogens with zero attached hydrogens (tertiary/aromatic N) is 2. The van der Waals surface area contributed by atoms with Crippen LogP contribution in [0.15, 0.2) is 47.3 Å². The number of aromatic nitrogens is 1. The van der Waals surface area contributed by atoms with E-state index in [2.05, 4.69) is 5.32 Å². The van der Waals surface area contributed by atoms with Crippen molar-refractivity contribution in [2.24, 2.45) is 5.92 Å². The summed E-state index contributed by atoms with van der Waals surface area (Å²) in [6.07, 6.45) is 0.979. The van der Waals surface area contributed by atoms with Crippen LogP contribution in [-0.2, 0) is 6.54 Å². The van der Waals surface area contributed by atoms with Crippen LogP contribution in [0.25, 0.3) is 0 Å². The number of carbonyl (C=O) groups excluding carboxylic acids is 1. The first kappa shape index (κ1) is 14.9. The van der Waals surface area contributed by atoms with Crippen LogP contribution in [0.1, 0.15) is 18.0 Å². The minimum atomic E-state index is -0.444. The van der Waals surface area contributed by atoms with Crippen LogP contribution in [0.4, 0.5) is 14.9 Å². The third-order valence-electron chi connectivity index (χ3n) is 4.88. The second-order valence-electron chi connectivity index (χ2n) is 6.51. The first-order chi connectivity index (χ1) is 11.6. The number of hydrogen-bond acceptors (Lipinski definition) is 2. The van der Waals surface area contributed by atoms with Crippen LogP contribution in [0.2, 0.25) is 0 Å². The maximum atomic E-state index is 13.7. The van der Waals surface area contributed by atoms with Gasteiger partial charge in [0.15, 0.2) is 0 Å². The zero-order valence-corrected chi connectivity index (χ0v) is 13.1. The molecule has 1 fully saturated rings. The largest absolute Gasteiger partial charge is 0.324 e. The van der Waals surface area contributed by atoms with Gasteiger partial charge in [-0.1, -0.05) is 18.2 Å². The summed E-state index contributed by atoms with van der Waals surface area (Å²) in [7, 11) is 0. The topological polar surface area (TPSA) is 54.3 Å². The number of likely N-dealkylation sites (tertiary alicyclic amines) is 1. The molecule has 2 aliphatic heterocycles. The lowest BCUT2D eigenvalue weighted by Gasteiger charge is -2.42. The van der Waals surface area contributed by atoms with Crippen molar-refractivity contribution in [2.45, 2.75) is 18.9 Å². The van der Waals surface area contributed by atoms with Crippen LogP contribution in [0, 0.1) is 11.7 Å². The van der Waals surface area contributed by atoms with E-state index >= 15 is 0 Å². The lowest BCUT2D eigenvalue weighted by molar-refractivity contribution is 0.139. The van der Waals surface area contributed by atoms with E-state index in [9.17, 15) is 14.0 Å². The number of halogens is 1. The van der Waals surface area contributed by atoms with E-state index < -0.39 is 5.82 Å². The minimum Gasteiger partial charge on any atom is -0.324 e. The molecule has 124 valence electrons. The number of fused-ring (bicyclic) bond motifs is 4. The molecule has 6 heteroatoms. The SMILES string of the molecule is O=C(Nc1ccccc1F)N1C[C@@H]2C[C@H](C1)c1cccc(=O)n1C2. The summed E-state index contributed by atoms with van der Waals surface area (Å²) in [6, 6.07) is 11.2. The number of carbonyl (C=O) groups is 1. The number of pyridine rings is 1. The summed E-state index contributed by atoms with van der Waals surface area (Å²) < 4.78 is 15.5. The van der Waals surface area contributed by atoms with E-state index in [0.29, 0.717) is 19.6 Å². The summed E-state index contributed by atoms with van der Waals surface area (Å²) >= 11 is 0. The Balaban J connectivity index is 1.55. The van der Waals surface area contributed by atoms with Gasteiger partial charge in [0, 0.05) is 37.3 Å². The Kier molecular flexibility index (Phi) is 3.59. The second-order valence-corrected chi connectivity index (χ2v) is 6.51. The van der Waals surface area contributed by atoms with Gasteiger partial charge in [0.2, 0.25) is 0 Å². The van der Waals surface area contributed by atoms with Crippen molar-refractivity contribution in [2.75, 3.05) is 18.4 Å². The summed E-state index contributed by atoms with van der Waals surface area (Å²) in [5.74, 6) is -0.0413. The maximum Gasteiger partial charge on any atom is 0.321 e. The Morgan fingerprint density at radius 2 is 1.92 bits per heavy atom. The molecule has 0 unspecified atom stereocenters. The van der Waals surface area contributed by atoms with Crippen molar-refractivity contribution in [3.63, 3.8) is 0 Å². The smallest absolute Gasteiger partial charge is 0.321 e. The van der Waals surface area contributed by atoms with E-state index in [-0.39, 0.29) is 29.1 Å². The van der Waals surface area contributed by atoms with Gasteiger partial charge in [0.05, 0.1) is 5.69 Å². The lowest BCUT2D eigenvalue weighted by Crippen LogP contribution is -2.50. The van der Waals surface area contributed by atoms with Gasteiger partial charge >= 0.3 is 6.03 Å². The number of nitrogens with one attached hydrogen (secondary N) is 1. The highest BCUT2D eigenvalue weighted by Crippen LogP contribution is 2.35. The first-order valence-electron chi connectivity index (χ1n) is 8.12. The number of amides is 2.